The van der Waals surface area contributed by atoms with Crippen LogP contribution in [0.3, 0.4) is 0 Å². The van der Waals surface area contributed by atoms with Gasteiger partial charge in [-0.15, -0.1) is 0 Å². The number of halogens is 1. The number of morpholine rings is 1. The second-order valence-electron chi connectivity index (χ2n) is 6.82. The third-order valence-corrected chi connectivity index (χ3v) is 5.29. The van der Waals surface area contributed by atoms with Crippen molar-refractivity contribution < 1.29 is 9.53 Å². The normalized spacial score (nSPS) is 20.1. The predicted octanol–water partition coefficient (Wildman–Crippen LogP) is 3.72. The average Bonchev–Trinajstić information content (AvgIpc) is 2.65. The molecule has 0 unspecified atom stereocenters. The second kappa shape index (κ2) is 9.37. The summed E-state index contributed by atoms with van der Waals surface area (Å²) in [6.07, 6.45) is 7.65. The maximum Gasteiger partial charge on any atom is 0.243 e. The van der Waals surface area contributed by atoms with Gasteiger partial charge in [0, 0.05) is 30.7 Å². The smallest absolute Gasteiger partial charge is 0.243 e. The van der Waals surface area contributed by atoms with Crippen molar-refractivity contribution in [3.05, 3.63) is 46.5 Å². The van der Waals surface area contributed by atoms with Crippen molar-refractivity contribution >= 4 is 17.5 Å². The zero-order valence-electron chi connectivity index (χ0n) is 14.7. The van der Waals surface area contributed by atoms with Gasteiger partial charge in [0.2, 0.25) is 5.91 Å². The lowest BCUT2D eigenvalue weighted by Gasteiger charge is -2.35. The van der Waals surface area contributed by atoms with Crippen LogP contribution in [0, 0.1) is 0 Å². The highest BCUT2D eigenvalue weighted by molar-refractivity contribution is 6.30. The Morgan fingerprint density at radius 2 is 1.84 bits per heavy atom. The number of carbonyl (C=O) groups excluding carboxylic acids is 1. The van der Waals surface area contributed by atoms with E-state index < -0.39 is 0 Å². The summed E-state index contributed by atoms with van der Waals surface area (Å²) in [4.78, 5) is 14.7. The molecule has 3 rings (SSSR count). The molecule has 5 heteroatoms. The van der Waals surface area contributed by atoms with Gasteiger partial charge in [-0.25, -0.2) is 0 Å². The van der Waals surface area contributed by atoms with Crippen molar-refractivity contribution in [1.82, 2.24) is 10.2 Å². The number of allylic oxidation sites excluding steroid dienone is 1. The number of hydrogen-bond acceptors (Lipinski definition) is 3. The van der Waals surface area contributed by atoms with Crippen LogP contribution in [0.25, 0.3) is 0 Å². The molecule has 0 aromatic heterocycles. The van der Waals surface area contributed by atoms with E-state index in [4.69, 9.17) is 16.3 Å². The van der Waals surface area contributed by atoms with E-state index in [9.17, 15) is 4.79 Å². The van der Waals surface area contributed by atoms with Crippen LogP contribution < -0.4 is 5.32 Å². The van der Waals surface area contributed by atoms with Crippen LogP contribution in [0.5, 0.6) is 0 Å². The first-order chi connectivity index (χ1) is 12.2. The maximum absolute atomic E-state index is 12.3. The van der Waals surface area contributed by atoms with Gasteiger partial charge in [0.15, 0.2) is 0 Å². The average molecular weight is 363 g/mol. The summed E-state index contributed by atoms with van der Waals surface area (Å²) >= 11 is 6.03. The maximum atomic E-state index is 12.3. The van der Waals surface area contributed by atoms with Gasteiger partial charge in [-0.1, -0.05) is 35.7 Å². The Morgan fingerprint density at radius 3 is 2.52 bits per heavy atom. The standard InChI is InChI=1S/C20H27ClN2O2/c21-18-8-6-17(7-9-18)19(23-10-12-25-13-11-23)15-22-20(24)14-16-4-2-1-3-5-16/h6-9,14,19H,1-5,10-13,15H2,(H,22,24)/t19-/m0/s1. The first-order valence-electron chi connectivity index (χ1n) is 9.27. The van der Waals surface area contributed by atoms with E-state index >= 15 is 0 Å². The second-order valence-corrected chi connectivity index (χ2v) is 7.26. The molecule has 4 nitrogen and oxygen atoms in total. The number of amides is 1. The first kappa shape index (κ1) is 18.4. The number of nitrogens with one attached hydrogen (secondary N) is 1. The van der Waals surface area contributed by atoms with Gasteiger partial charge in [0.1, 0.15) is 0 Å². The van der Waals surface area contributed by atoms with E-state index in [1.165, 1.54) is 30.4 Å². The van der Waals surface area contributed by atoms with Crippen LogP contribution in [-0.2, 0) is 9.53 Å². The van der Waals surface area contributed by atoms with Gasteiger partial charge in [0.25, 0.3) is 0 Å². The zero-order chi connectivity index (χ0) is 17.5. The van der Waals surface area contributed by atoms with Crippen molar-refractivity contribution in [2.45, 2.75) is 38.1 Å². The van der Waals surface area contributed by atoms with Gasteiger partial charge in [0.05, 0.1) is 19.3 Å². The molecule has 1 heterocycles. The molecule has 1 saturated carbocycles. The third kappa shape index (κ3) is 5.56. The van der Waals surface area contributed by atoms with Crippen LogP contribution in [0.1, 0.15) is 43.7 Å². The summed E-state index contributed by atoms with van der Waals surface area (Å²) in [6.45, 7) is 3.84. The Bertz CT molecular complexity index is 586. The summed E-state index contributed by atoms with van der Waals surface area (Å²) in [6, 6.07) is 8.07. The number of carbonyl (C=O) groups is 1. The molecule has 1 aliphatic heterocycles. The fourth-order valence-corrected chi connectivity index (χ4v) is 3.74. The fourth-order valence-electron chi connectivity index (χ4n) is 3.62. The number of hydrogen-bond donors (Lipinski definition) is 1. The predicted molar refractivity (Wildman–Crippen MR) is 101 cm³/mol. The molecule has 1 aromatic rings. The van der Waals surface area contributed by atoms with Crippen molar-refractivity contribution in [1.29, 1.82) is 0 Å². The van der Waals surface area contributed by atoms with E-state index in [1.54, 1.807) is 0 Å². The van der Waals surface area contributed by atoms with Gasteiger partial charge >= 0.3 is 0 Å². The Labute approximate surface area is 155 Å². The molecule has 25 heavy (non-hydrogen) atoms. The molecular formula is C20H27ClN2O2. The van der Waals surface area contributed by atoms with Crippen LogP contribution in [0.2, 0.25) is 5.02 Å². The van der Waals surface area contributed by atoms with E-state index in [0.29, 0.717) is 6.54 Å². The van der Waals surface area contributed by atoms with Gasteiger partial charge in [-0.3, -0.25) is 9.69 Å². The number of rotatable bonds is 5. The quantitative estimate of drug-likeness (QED) is 0.812. The van der Waals surface area contributed by atoms with Crippen LogP contribution in [0.4, 0.5) is 0 Å². The highest BCUT2D eigenvalue weighted by atomic mass is 35.5. The number of nitrogens with zero attached hydrogens (tertiary/aromatic N) is 1. The minimum Gasteiger partial charge on any atom is -0.379 e. The molecule has 0 spiro atoms. The minimum absolute atomic E-state index is 0.0316. The molecule has 1 atom stereocenters. The molecule has 2 fully saturated rings. The fraction of sp³-hybridized carbons (Fsp3) is 0.550. The molecule has 0 radical (unpaired) electrons. The molecule has 0 bridgehead atoms. The molecule has 1 aliphatic carbocycles. The van der Waals surface area contributed by atoms with Gasteiger partial charge < -0.3 is 10.1 Å². The molecule has 1 aromatic carbocycles. The number of ether oxygens (including phenoxy) is 1. The van der Waals surface area contributed by atoms with Crippen LogP contribution >= 0.6 is 11.6 Å². The van der Waals surface area contributed by atoms with Crippen molar-refractivity contribution in [2.24, 2.45) is 0 Å². The van der Waals surface area contributed by atoms with Gasteiger partial charge in [-0.05, 0) is 43.4 Å². The molecule has 136 valence electrons. The molecule has 2 aliphatic rings. The number of benzene rings is 1. The molecular weight excluding hydrogens is 336 g/mol. The van der Waals surface area contributed by atoms with Crippen molar-refractivity contribution in [2.75, 3.05) is 32.8 Å². The Kier molecular flexibility index (Phi) is 6.91. The topological polar surface area (TPSA) is 41.6 Å². The first-order valence-corrected chi connectivity index (χ1v) is 9.65. The van der Waals surface area contributed by atoms with E-state index in [0.717, 1.165) is 44.2 Å². The summed E-state index contributed by atoms with van der Waals surface area (Å²) in [5.41, 5.74) is 2.47. The lowest BCUT2D eigenvalue weighted by atomic mass is 9.94. The SMILES string of the molecule is O=C(C=C1CCCCC1)NC[C@@H](c1ccc(Cl)cc1)N1CCOCC1. The molecule has 1 amide bonds. The summed E-state index contributed by atoms with van der Waals surface area (Å²) in [5.74, 6) is 0.0316. The molecule has 1 N–H and O–H groups in total. The van der Waals surface area contributed by atoms with E-state index in [1.807, 2.05) is 30.3 Å². The van der Waals surface area contributed by atoms with Crippen molar-refractivity contribution in [3.8, 4) is 0 Å². The minimum atomic E-state index is 0.0316. The lowest BCUT2D eigenvalue weighted by Crippen LogP contribution is -2.43. The van der Waals surface area contributed by atoms with Crippen LogP contribution in [0.15, 0.2) is 35.9 Å². The van der Waals surface area contributed by atoms with Crippen molar-refractivity contribution in [3.63, 3.8) is 0 Å². The van der Waals surface area contributed by atoms with Gasteiger partial charge in [-0.2, -0.15) is 0 Å². The summed E-state index contributed by atoms with van der Waals surface area (Å²) in [7, 11) is 0. The molecule has 1 saturated heterocycles. The summed E-state index contributed by atoms with van der Waals surface area (Å²) in [5, 5.41) is 3.84. The zero-order valence-corrected chi connectivity index (χ0v) is 15.4. The summed E-state index contributed by atoms with van der Waals surface area (Å²) < 4.78 is 5.47. The highest BCUT2D eigenvalue weighted by Crippen LogP contribution is 2.24. The monoisotopic (exact) mass is 362 g/mol. The lowest BCUT2D eigenvalue weighted by molar-refractivity contribution is -0.116. The Balaban J connectivity index is 1.64. The van der Waals surface area contributed by atoms with E-state index in [-0.39, 0.29) is 11.9 Å². The largest absolute Gasteiger partial charge is 0.379 e. The Hall–Kier alpha value is -1.36. The van der Waals surface area contributed by atoms with E-state index in [2.05, 4.69) is 10.2 Å². The Morgan fingerprint density at radius 1 is 1.16 bits per heavy atom. The highest BCUT2D eigenvalue weighted by Gasteiger charge is 2.23. The third-order valence-electron chi connectivity index (χ3n) is 5.04. The van der Waals surface area contributed by atoms with Crippen LogP contribution in [-0.4, -0.2) is 43.7 Å².